The van der Waals surface area contributed by atoms with Crippen LogP contribution in [0.5, 0.6) is 0 Å². The number of aliphatic hydroxyl groups excluding tert-OH is 2. The highest BCUT2D eigenvalue weighted by molar-refractivity contribution is 7.51. The fraction of sp³-hybridized carbons (Fsp3) is 0.609. The molecule has 2 aliphatic heterocycles. The van der Waals surface area contributed by atoms with E-state index in [1.165, 1.54) is 29.5 Å². The number of aliphatic hydroxyl groups is 2. The van der Waals surface area contributed by atoms with Gasteiger partial charge in [0.25, 0.3) is 0 Å². The Morgan fingerprint density at radius 3 is 2.67 bits per heavy atom. The van der Waals surface area contributed by atoms with E-state index in [4.69, 9.17) is 35.7 Å². The molecule has 0 aliphatic carbocycles. The van der Waals surface area contributed by atoms with Gasteiger partial charge in [-0.05, 0) is 25.5 Å². The first-order valence-electron chi connectivity index (χ1n) is 13.5. The number of rotatable bonds is 13. The van der Waals surface area contributed by atoms with E-state index in [1.807, 2.05) is 0 Å². The average molecular weight is 611 g/mol. The Hall–Kier alpha value is -3.06. The van der Waals surface area contributed by atoms with E-state index in [0.717, 1.165) is 0 Å². The van der Waals surface area contributed by atoms with Crippen molar-refractivity contribution in [2.24, 2.45) is 5.73 Å². The average Bonchev–Trinajstić information content (AvgIpc) is 3.67. The molecule has 0 aromatic carbocycles. The Morgan fingerprint density at radius 1 is 1.12 bits per heavy atom. The van der Waals surface area contributed by atoms with Gasteiger partial charge in [-0.3, -0.25) is 18.2 Å². The van der Waals surface area contributed by atoms with E-state index in [2.05, 4.69) is 25.0 Å². The third-order valence-corrected chi connectivity index (χ3v) is 8.69. The molecule has 9 N–H and O–H groups in total. The number of nitrogens with zero attached hydrogens (tertiary/aromatic N) is 6. The van der Waals surface area contributed by atoms with Crippen LogP contribution in [0.15, 0.2) is 29.7 Å². The predicted molar refractivity (Wildman–Crippen MR) is 148 cm³/mol. The molecule has 3 aromatic rings. The Kier molecular flexibility index (Phi) is 9.46. The summed E-state index contributed by atoms with van der Waals surface area (Å²) in [5, 5.41) is 23.5. The molecular weight excluding hydrogens is 575 g/mol. The number of aromatic nitrogens is 6. The molecule has 7 atom stereocenters. The van der Waals surface area contributed by atoms with Crippen molar-refractivity contribution in [2.45, 2.75) is 62.6 Å². The summed E-state index contributed by atoms with van der Waals surface area (Å²) in [7, 11) is -4.05. The quantitative estimate of drug-likeness (QED) is 0.100. The molecule has 5 rings (SSSR count). The normalized spacial score (nSPS) is 27.5. The van der Waals surface area contributed by atoms with Gasteiger partial charge in [-0.15, -0.1) is 0 Å². The van der Waals surface area contributed by atoms with E-state index in [1.54, 1.807) is 4.57 Å². The van der Waals surface area contributed by atoms with Gasteiger partial charge in [0.2, 0.25) is 0 Å². The van der Waals surface area contributed by atoms with Crippen LogP contribution in [0.4, 0.5) is 11.6 Å². The highest BCUT2D eigenvalue weighted by atomic mass is 31.2. The van der Waals surface area contributed by atoms with Crippen molar-refractivity contribution in [3.63, 3.8) is 0 Å². The molecule has 1 unspecified atom stereocenters. The monoisotopic (exact) mass is 610 g/mol. The first kappa shape index (κ1) is 30.4. The lowest BCUT2D eigenvalue weighted by atomic mass is 10.2. The van der Waals surface area contributed by atoms with Gasteiger partial charge in [0.05, 0.1) is 25.6 Å². The van der Waals surface area contributed by atoms with Crippen LogP contribution in [0.25, 0.3) is 11.2 Å². The van der Waals surface area contributed by atoms with Crippen LogP contribution in [-0.2, 0) is 23.1 Å². The highest BCUT2D eigenvalue weighted by Gasteiger charge is 2.43. The number of fused-ring (bicyclic) bond motifs is 1. The molecule has 3 aromatic heterocycles. The minimum Gasteiger partial charge on any atom is -0.394 e. The van der Waals surface area contributed by atoms with E-state index in [-0.39, 0.29) is 37.6 Å². The van der Waals surface area contributed by atoms with E-state index in [0.29, 0.717) is 30.6 Å². The zero-order valence-electron chi connectivity index (χ0n) is 22.6. The summed E-state index contributed by atoms with van der Waals surface area (Å²) in [4.78, 5) is 28.4. The molecule has 0 bridgehead atoms. The summed E-state index contributed by atoms with van der Waals surface area (Å²) in [5.74, 6) is 0.269. The molecule has 5 heterocycles. The van der Waals surface area contributed by atoms with Crippen LogP contribution < -0.4 is 28.0 Å². The van der Waals surface area contributed by atoms with Crippen LogP contribution in [0.1, 0.15) is 38.1 Å². The molecule has 19 heteroatoms. The highest BCUT2D eigenvalue weighted by Crippen LogP contribution is 2.49. The van der Waals surface area contributed by atoms with Crippen molar-refractivity contribution >= 4 is 30.5 Å². The van der Waals surface area contributed by atoms with Crippen molar-refractivity contribution in [1.82, 2.24) is 34.2 Å². The van der Waals surface area contributed by atoms with Gasteiger partial charge < -0.3 is 36.9 Å². The largest absolute Gasteiger partial charge is 0.405 e. The lowest BCUT2D eigenvalue weighted by Gasteiger charge is -2.26. The van der Waals surface area contributed by atoms with Gasteiger partial charge in [0, 0.05) is 25.6 Å². The van der Waals surface area contributed by atoms with Crippen molar-refractivity contribution in [1.29, 1.82) is 0 Å². The molecule has 0 spiro atoms. The van der Waals surface area contributed by atoms with Crippen molar-refractivity contribution in [2.75, 3.05) is 37.8 Å². The lowest BCUT2D eigenvalue weighted by Crippen LogP contribution is -2.32. The summed E-state index contributed by atoms with van der Waals surface area (Å²) in [6, 6.07) is 1.44. The van der Waals surface area contributed by atoms with Crippen LogP contribution in [0.3, 0.4) is 0 Å². The van der Waals surface area contributed by atoms with E-state index >= 15 is 0 Å². The molecule has 0 amide bonds. The van der Waals surface area contributed by atoms with Gasteiger partial charge in [-0.1, -0.05) is 0 Å². The van der Waals surface area contributed by atoms with Gasteiger partial charge in [0.1, 0.15) is 48.4 Å². The van der Waals surface area contributed by atoms with Crippen LogP contribution in [-0.4, -0.2) is 90.0 Å². The molecule has 42 heavy (non-hydrogen) atoms. The molecule has 0 radical (unpaired) electrons. The molecule has 2 fully saturated rings. The molecule has 2 aliphatic rings. The molecule has 2 saturated heterocycles. The molecular formula is C23H35N10O8P. The van der Waals surface area contributed by atoms with Crippen molar-refractivity contribution in [3.8, 4) is 0 Å². The summed E-state index contributed by atoms with van der Waals surface area (Å²) >= 11 is 0. The van der Waals surface area contributed by atoms with Gasteiger partial charge >= 0.3 is 13.4 Å². The third-order valence-electron chi connectivity index (χ3n) is 7.04. The fourth-order valence-corrected chi connectivity index (χ4v) is 6.44. The summed E-state index contributed by atoms with van der Waals surface area (Å²) in [6.07, 6.45) is 0.607. The van der Waals surface area contributed by atoms with E-state index < -0.39 is 56.9 Å². The van der Waals surface area contributed by atoms with Gasteiger partial charge in [-0.2, -0.15) is 4.98 Å². The van der Waals surface area contributed by atoms with Crippen LogP contribution >= 0.6 is 7.75 Å². The second kappa shape index (κ2) is 13.1. The van der Waals surface area contributed by atoms with Gasteiger partial charge in [0.15, 0.2) is 11.5 Å². The lowest BCUT2D eigenvalue weighted by molar-refractivity contribution is -0.0520. The molecule has 0 saturated carbocycles. The van der Waals surface area contributed by atoms with Crippen LogP contribution in [0.2, 0.25) is 0 Å². The Balaban J connectivity index is 1.27. The second-order valence-corrected chi connectivity index (χ2v) is 11.7. The summed E-state index contributed by atoms with van der Waals surface area (Å²) in [5.41, 5.74) is 17.2. The number of ether oxygens (including phenoxy) is 2. The maximum absolute atomic E-state index is 13.9. The zero-order valence-corrected chi connectivity index (χ0v) is 23.5. The molecule has 18 nitrogen and oxygen atoms in total. The standard InChI is InChI=1S/C23H35N10O8P/c24-4-1-2-5-30-42(37,41-14-8-19(39-15(14)9-34)32-6-3-17(25)31-23(32)36)38-10-16-13(35)7-18(40-16)33-12-29-20-21(26)27-11-28-22(20)33/h3,6,11-16,18-19,34-35H,1-2,4-5,7-10,24H2,(H,30,37)(H2,25,31,36)(H2,26,27,28)/t13-,14-,15+,16+,18+,19+,42?/m0/s1. The van der Waals surface area contributed by atoms with Crippen LogP contribution in [0, 0.1) is 0 Å². The predicted octanol–water partition coefficient (Wildman–Crippen LogP) is -0.986. The van der Waals surface area contributed by atoms with Crippen molar-refractivity contribution < 1.29 is 33.3 Å². The first-order valence-corrected chi connectivity index (χ1v) is 15.0. The van der Waals surface area contributed by atoms with Gasteiger partial charge in [-0.25, -0.2) is 29.4 Å². The number of nitrogens with one attached hydrogen (secondary N) is 1. The second-order valence-electron chi connectivity index (χ2n) is 9.95. The Bertz CT molecular complexity index is 1470. The molecule has 230 valence electrons. The minimum atomic E-state index is -4.05. The van der Waals surface area contributed by atoms with E-state index in [9.17, 15) is 19.6 Å². The zero-order chi connectivity index (χ0) is 29.9. The number of unbranched alkanes of at least 4 members (excludes halogenated alkanes) is 1. The first-order chi connectivity index (χ1) is 20.2. The SMILES string of the molecule is NCCCCNP(=O)(OC[C@H]1O[C@@H](n2cnc3c(N)ncnc32)C[C@@H]1O)O[C@H]1C[C@H](n2ccc(N)nc2=O)O[C@@H]1CO. The summed E-state index contributed by atoms with van der Waals surface area (Å²) < 4.78 is 40.3. The number of hydrogen-bond acceptors (Lipinski definition) is 15. The minimum absolute atomic E-state index is 0.0533. The smallest absolute Gasteiger partial charge is 0.394 e. The topological polar surface area (TPSA) is 263 Å². The number of nitrogen functional groups attached to an aromatic ring is 2. The maximum atomic E-state index is 13.9. The third kappa shape index (κ3) is 6.61. The van der Waals surface area contributed by atoms with Crippen molar-refractivity contribution in [3.05, 3.63) is 35.4 Å². The maximum Gasteiger partial charge on any atom is 0.405 e. The number of hydrogen-bond donors (Lipinski definition) is 6. The fourth-order valence-electron chi connectivity index (χ4n) is 4.86. The number of anilines is 2. The number of nitrogens with two attached hydrogens (primary N) is 3. The Morgan fingerprint density at radius 2 is 1.90 bits per heavy atom. The number of imidazole rings is 1. The summed E-state index contributed by atoms with van der Waals surface area (Å²) in [6.45, 7) is -0.0451. The Labute approximate surface area is 239 Å².